The Hall–Kier alpha value is -2.40. The summed E-state index contributed by atoms with van der Waals surface area (Å²) in [6.45, 7) is 1.91. The van der Waals surface area contributed by atoms with Crippen molar-refractivity contribution in [3.63, 3.8) is 0 Å². The molecule has 0 saturated carbocycles. The maximum atomic E-state index is 12.4. The van der Waals surface area contributed by atoms with Gasteiger partial charge in [0, 0.05) is 10.6 Å². The van der Waals surface area contributed by atoms with Gasteiger partial charge in [-0.2, -0.15) is 0 Å². The Bertz CT molecular complexity index is 748. The molecule has 1 amide bonds. The van der Waals surface area contributed by atoms with E-state index >= 15 is 0 Å². The van der Waals surface area contributed by atoms with Gasteiger partial charge in [-0.1, -0.05) is 29.8 Å². The van der Waals surface area contributed by atoms with Crippen LogP contribution in [-0.2, 0) is 11.2 Å². The molecule has 2 aromatic rings. The van der Waals surface area contributed by atoms with Crippen LogP contribution in [0.15, 0.2) is 36.4 Å². The molecule has 2 rings (SSSR count). The second-order valence-corrected chi connectivity index (χ2v) is 5.95. The van der Waals surface area contributed by atoms with Gasteiger partial charge >= 0.3 is 0 Å². The lowest BCUT2D eigenvalue weighted by Gasteiger charge is -2.17. The Morgan fingerprint density at radius 2 is 1.80 bits per heavy atom. The van der Waals surface area contributed by atoms with Gasteiger partial charge in [-0.05, 0) is 30.7 Å². The van der Waals surface area contributed by atoms with E-state index < -0.39 is 0 Å². The molecule has 6 heteroatoms. The van der Waals surface area contributed by atoms with Crippen molar-refractivity contribution in [1.82, 2.24) is 5.32 Å². The fourth-order valence-electron chi connectivity index (χ4n) is 2.63. The molecule has 0 unspecified atom stereocenters. The fourth-order valence-corrected chi connectivity index (χ4v) is 2.83. The normalized spacial score (nSPS) is 11.6. The molecule has 0 aliphatic heterocycles. The van der Waals surface area contributed by atoms with Crippen molar-refractivity contribution in [3.05, 3.63) is 52.5 Å². The van der Waals surface area contributed by atoms with E-state index in [1.807, 2.05) is 25.1 Å². The van der Waals surface area contributed by atoms with Crippen molar-refractivity contribution in [1.29, 1.82) is 0 Å². The van der Waals surface area contributed by atoms with Crippen LogP contribution < -0.4 is 19.5 Å². The van der Waals surface area contributed by atoms with Crippen LogP contribution in [0.1, 0.15) is 24.1 Å². The van der Waals surface area contributed by atoms with E-state index in [0.717, 1.165) is 11.1 Å². The van der Waals surface area contributed by atoms with Crippen LogP contribution in [-0.4, -0.2) is 27.2 Å². The van der Waals surface area contributed by atoms with E-state index in [0.29, 0.717) is 22.3 Å². The molecule has 2 aromatic carbocycles. The van der Waals surface area contributed by atoms with Crippen LogP contribution in [0.5, 0.6) is 17.2 Å². The van der Waals surface area contributed by atoms with Crippen molar-refractivity contribution in [2.45, 2.75) is 19.4 Å². The number of amides is 1. The Kier molecular flexibility index (Phi) is 6.53. The standard InChI is InChI=1S/C19H22ClNO4/c1-12(13-6-5-7-15(20)10-13)21-17(22)11-14-8-9-16(23-2)19(25-4)18(14)24-3/h5-10,12H,11H2,1-4H3,(H,21,22)/t12-/m1/s1. The van der Waals surface area contributed by atoms with Gasteiger partial charge in [0.1, 0.15) is 0 Å². The molecule has 25 heavy (non-hydrogen) atoms. The molecule has 1 atom stereocenters. The van der Waals surface area contributed by atoms with Gasteiger partial charge < -0.3 is 19.5 Å². The maximum Gasteiger partial charge on any atom is 0.225 e. The van der Waals surface area contributed by atoms with Crippen molar-refractivity contribution in [2.24, 2.45) is 0 Å². The Balaban J connectivity index is 2.15. The Labute approximate surface area is 152 Å². The second-order valence-electron chi connectivity index (χ2n) is 5.51. The first-order valence-corrected chi connectivity index (χ1v) is 8.20. The van der Waals surface area contributed by atoms with E-state index in [1.54, 1.807) is 25.3 Å². The molecule has 0 radical (unpaired) electrons. The summed E-state index contributed by atoms with van der Waals surface area (Å²) in [6.07, 6.45) is 0.161. The van der Waals surface area contributed by atoms with Gasteiger partial charge in [-0.25, -0.2) is 0 Å². The molecule has 0 aromatic heterocycles. The monoisotopic (exact) mass is 363 g/mol. The van der Waals surface area contributed by atoms with E-state index in [1.165, 1.54) is 14.2 Å². The van der Waals surface area contributed by atoms with Gasteiger partial charge in [0.05, 0.1) is 33.8 Å². The first kappa shape index (κ1) is 18.9. The first-order chi connectivity index (χ1) is 12.0. The molecule has 5 nitrogen and oxygen atoms in total. The minimum Gasteiger partial charge on any atom is -0.493 e. The van der Waals surface area contributed by atoms with Crippen molar-refractivity contribution >= 4 is 17.5 Å². The van der Waals surface area contributed by atoms with E-state index in [2.05, 4.69) is 5.32 Å². The zero-order chi connectivity index (χ0) is 18.4. The van der Waals surface area contributed by atoms with Gasteiger partial charge in [-0.15, -0.1) is 0 Å². The van der Waals surface area contributed by atoms with Crippen molar-refractivity contribution in [3.8, 4) is 17.2 Å². The van der Waals surface area contributed by atoms with Gasteiger partial charge in [-0.3, -0.25) is 4.79 Å². The summed E-state index contributed by atoms with van der Waals surface area (Å²) in [5.41, 5.74) is 1.66. The number of methoxy groups -OCH3 is 3. The van der Waals surface area contributed by atoms with Crippen LogP contribution >= 0.6 is 11.6 Å². The number of carbonyl (C=O) groups excluding carboxylic acids is 1. The van der Waals surface area contributed by atoms with Crippen LogP contribution in [0.25, 0.3) is 0 Å². The quantitative estimate of drug-likeness (QED) is 0.813. The summed E-state index contributed by atoms with van der Waals surface area (Å²) in [6, 6.07) is 10.8. The number of halogens is 1. The molecular formula is C19H22ClNO4. The highest BCUT2D eigenvalue weighted by molar-refractivity contribution is 6.30. The summed E-state index contributed by atoms with van der Waals surface area (Å²) in [5, 5.41) is 3.60. The fraction of sp³-hybridized carbons (Fsp3) is 0.316. The highest BCUT2D eigenvalue weighted by Gasteiger charge is 2.18. The van der Waals surface area contributed by atoms with Gasteiger partial charge in [0.2, 0.25) is 11.7 Å². The van der Waals surface area contributed by atoms with Crippen LogP contribution in [0.4, 0.5) is 0 Å². The number of carbonyl (C=O) groups is 1. The molecule has 0 saturated heterocycles. The average molecular weight is 364 g/mol. The molecule has 134 valence electrons. The Morgan fingerprint density at radius 3 is 2.40 bits per heavy atom. The molecule has 0 fully saturated rings. The minimum absolute atomic E-state index is 0.127. The van der Waals surface area contributed by atoms with Crippen LogP contribution in [0.3, 0.4) is 0 Å². The van der Waals surface area contributed by atoms with Gasteiger partial charge in [0.15, 0.2) is 11.5 Å². The summed E-state index contributed by atoms with van der Waals surface area (Å²) in [7, 11) is 4.62. The smallest absolute Gasteiger partial charge is 0.225 e. The largest absolute Gasteiger partial charge is 0.493 e. The van der Waals surface area contributed by atoms with Crippen molar-refractivity contribution < 1.29 is 19.0 Å². The lowest BCUT2D eigenvalue weighted by atomic mass is 10.1. The summed E-state index contributed by atoms with van der Waals surface area (Å²) < 4.78 is 16.0. The highest BCUT2D eigenvalue weighted by Crippen LogP contribution is 2.39. The molecule has 1 N–H and O–H groups in total. The van der Waals surface area contributed by atoms with Gasteiger partial charge in [0.25, 0.3) is 0 Å². The van der Waals surface area contributed by atoms with Crippen LogP contribution in [0, 0.1) is 0 Å². The molecule has 0 bridgehead atoms. The molecule has 0 aliphatic rings. The van der Waals surface area contributed by atoms with E-state index in [9.17, 15) is 4.79 Å². The third-order valence-electron chi connectivity index (χ3n) is 3.86. The first-order valence-electron chi connectivity index (χ1n) is 7.82. The predicted molar refractivity (Wildman–Crippen MR) is 97.8 cm³/mol. The van der Waals surface area contributed by atoms with Crippen LogP contribution in [0.2, 0.25) is 5.02 Å². The molecule has 0 aliphatic carbocycles. The maximum absolute atomic E-state index is 12.4. The number of ether oxygens (including phenoxy) is 3. The summed E-state index contributed by atoms with van der Waals surface area (Å²) in [4.78, 5) is 12.4. The van der Waals surface area contributed by atoms with Crippen molar-refractivity contribution in [2.75, 3.05) is 21.3 Å². The Morgan fingerprint density at radius 1 is 1.08 bits per heavy atom. The number of rotatable bonds is 7. The number of nitrogens with one attached hydrogen (secondary N) is 1. The third-order valence-corrected chi connectivity index (χ3v) is 4.10. The minimum atomic E-state index is -0.155. The SMILES string of the molecule is COc1ccc(CC(=O)N[C@H](C)c2cccc(Cl)c2)c(OC)c1OC. The highest BCUT2D eigenvalue weighted by atomic mass is 35.5. The molecule has 0 spiro atoms. The number of benzene rings is 2. The zero-order valence-electron chi connectivity index (χ0n) is 14.8. The third kappa shape index (κ3) is 4.57. The molecule has 0 heterocycles. The average Bonchev–Trinajstić information content (AvgIpc) is 2.60. The summed E-state index contributed by atoms with van der Waals surface area (Å²) >= 11 is 6.00. The molecular weight excluding hydrogens is 342 g/mol. The predicted octanol–water partition coefficient (Wildman–Crippen LogP) is 3.79. The lowest BCUT2D eigenvalue weighted by Crippen LogP contribution is -2.28. The zero-order valence-corrected chi connectivity index (χ0v) is 15.5. The number of hydrogen-bond acceptors (Lipinski definition) is 4. The topological polar surface area (TPSA) is 56.8 Å². The van der Waals surface area contributed by atoms with E-state index in [4.69, 9.17) is 25.8 Å². The second kappa shape index (κ2) is 8.62. The summed E-state index contributed by atoms with van der Waals surface area (Å²) in [5.74, 6) is 1.39. The lowest BCUT2D eigenvalue weighted by molar-refractivity contribution is -0.121. The number of hydrogen-bond donors (Lipinski definition) is 1. The van der Waals surface area contributed by atoms with E-state index in [-0.39, 0.29) is 18.4 Å².